The van der Waals surface area contributed by atoms with E-state index >= 15 is 0 Å². The van der Waals surface area contributed by atoms with Gasteiger partial charge in [0.1, 0.15) is 0 Å². The molecule has 11 heavy (non-hydrogen) atoms. The van der Waals surface area contributed by atoms with Crippen molar-refractivity contribution in [2.45, 2.75) is 27.2 Å². The number of hydrogen-bond donors (Lipinski definition) is 1. The van der Waals surface area contributed by atoms with Crippen LogP contribution in [0.5, 0.6) is 0 Å². The monoisotopic (exact) mass is 158 g/mol. The Labute approximate surface area is 68.6 Å². The number of ether oxygens (including phenoxy) is 1. The summed E-state index contributed by atoms with van der Waals surface area (Å²) in [4.78, 5) is 0. The molecule has 1 rings (SSSR count). The van der Waals surface area contributed by atoms with Gasteiger partial charge in [-0.3, -0.25) is 0 Å². The normalized spacial score (nSPS) is 22.9. The van der Waals surface area contributed by atoms with Gasteiger partial charge in [0.25, 0.3) is 0 Å². The van der Waals surface area contributed by atoms with Crippen molar-refractivity contribution in [2.24, 2.45) is 10.8 Å². The molecule has 0 spiro atoms. The highest BCUT2D eigenvalue weighted by Crippen LogP contribution is 2.38. The summed E-state index contributed by atoms with van der Waals surface area (Å²) in [7, 11) is 0. The average molecular weight is 158 g/mol. The van der Waals surface area contributed by atoms with Crippen molar-refractivity contribution in [3.8, 4) is 0 Å². The lowest BCUT2D eigenvalue weighted by Crippen LogP contribution is -2.47. The van der Waals surface area contributed by atoms with Gasteiger partial charge in [-0.25, -0.2) is 0 Å². The molecule has 0 radical (unpaired) electrons. The highest BCUT2D eigenvalue weighted by molar-refractivity contribution is 4.88. The number of aliphatic hydroxyl groups excluding tert-OH is 1. The maximum absolute atomic E-state index is 9.12. The molecule has 2 heteroatoms. The molecule has 66 valence electrons. The number of rotatable bonds is 2. The molecular weight excluding hydrogens is 140 g/mol. The molecule has 0 aromatic rings. The van der Waals surface area contributed by atoms with E-state index in [1.165, 1.54) is 0 Å². The zero-order valence-electron chi connectivity index (χ0n) is 7.68. The molecule has 0 bridgehead atoms. The zero-order valence-corrected chi connectivity index (χ0v) is 7.68. The van der Waals surface area contributed by atoms with Crippen molar-refractivity contribution in [3.63, 3.8) is 0 Å². The highest BCUT2D eigenvalue weighted by atomic mass is 16.5. The van der Waals surface area contributed by atoms with E-state index in [4.69, 9.17) is 9.84 Å². The second kappa shape index (κ2) is 2.76. The molecule has 1 aliphatic rings. The van der Waals surface area contributed by atoms with Crippen molar-refractivity contribution in [1.82, 2.24) is 0 Å². The van der Waals surface area contributed by atoms with E-state index in [9.17, 15) is 0 Å². The summed E-state index contributed by atoms with van der Waals surface area (Å²) in [5.74, 6) is 0. The van der Waals surface area contributed by atoms with Gasteiger partial charge in [-0.15, -0.1) is 0 Å². The summed E-state index contributed by atoms with van der Waals surface area (Å²) in [6, 6.07) is 0. The van der Waals surface area contributed by atoms with E-state index in [0.717, 1.165) is 19.6 Å². The molecule has 0 atom stereocenters. The van der Waals surface area contributed by atoms with Crippen LogP contribution >= 0.6 is 0 Å². The van der Waals surface area contributed by atoms with Gasteiger partial charge in [-0.05, 0) is 11.8 Å². The van der Waals surface area contributed by atoms with Crippen LogP contribution in [0.1, 0.15) is 27.2 Å². The van der Waals surface area contributed by atoms with Crippen LogP contribution in [0.25, 0.3) is 0 Å². The topological polar surface area (TPSA) is 29.5 Å². The molecule has 2 nitrogen and oxygen atoms in total. The van der Waals surface area contributed by atoms with Gasteiger partial charge in [-0.1, -0.05) is 20.8 Å². The van der Waals surface area contributed by atoms with E-state index in [1.807, 2.05) is 0 Å². The maximum Gasteiger partial charge on any atom is 0.0567 e. The van der Waals surface area contributed by atoms with Crippen LogP contribution in [0.15, 0.2) is 0 Å². The molecular formula is C9H18O2. The standard InChI is InChI=1S/C9H18O2/c1-8(2,3)4-9(5-10)6-11-7-9/h10H,4-7H2,1-3H3. The lowest BCUT2D eigenvalue weighted by atomic mass is 9.73. The Balaban J connectivity index is 2.45. The third kappa shape index (κ3) is 2.17. The lowest BCUT2D eigenvalue weighted by molar-refractivity contribution is -0.152. The molecule has 0 unspecified atom stereocenters. The van der Waals surface area contributed by atoms with Crippen molar-refractivity contribution >= 4 is 0 Å². The molecule has 0 aromatic heterocycles. The van der Waals surface area contributed by atoms with Crippen LogP contribution in [-0.4, -0.2) is 24.9 Å². The molecule has 0 aromatic carbocycles. The van der Waals surface area contributed by atoms with Gasteiger partial charge in [0.05, 0.1) is 19.8 Å². The summed E-state index contributed by atoms with van der Waals surface area (Å²) < 4.78 is 5.12. The van der Waals surface area contributed by atoms with Crippen LogP contribution in [0, 0.1) is 10.8 Å². The lowest BCUT2D eigenvalue weighted by Gasteiger charge is -2.43. The second-order valence-corrected chi connectivity index (χ2v) is 4.89. The summed E-state index contributed by atoms with van der Waals surface area (Å²) in [6.45, 7) is 8.33. The maximum atomic E-state index is 9.12. The quantitative estimate of drug-likeness (QED) is 0.658. The van der Waals surface area contributed by atoms with Gasteiger partial charge < -0.3 is 9.84 Å². The largest absolute Gasteiger partial charge is 0.396 e. The fourth-order valence-electron chi connectivity index (χ4n) is 1.76. The Kier molecular flexibility index (Phi) is 2.26. The predicted octanol–water partition coefficient (Wildman–Crippen LogP) is 1.43. The number of aliphatic hydroxyl groups is 1. The first-order chi connectivity index (χ1) is 4.97. The summed E-state index contributed by atoms with van der Waals surface area (Å²) >= 11 is 0. The molecule has 0 amide bonds. The van der Waals surface area contributed by atoms with Crippen molar-refractivity contribution in [2.75, 3.05) is 19.8 Å². The van der Waals surface area contributed by atoms with Gasteiger partial charge >= 0.3 is 0 Å². The van der Waals surface area contributed by atoms with E-state index in [1.54, 1.807) is 0 Å². The first kappa shape index (κ1) is 9.01. The van der Waals surface area contributed by atoms with Gasteiger partial charge in [-0.2, -0.15) is 0 Å². The summed E-state index contributed by atoms with van der Waals surface area (Å²) in [6.07, 6.45) is 1.05. The second-order valence-electron chi connectivity index (χ2n) is 4.89. The van der Waals surface area contributed by atoms with Crippen LogP contribution < -0.4 is 0 Å². The van der Waals surface area contributed by atoms with E-state index in [-0.39, 0.29) is 12.0 Å². The van der Waals surface area contributed by atoms with Crippen LogP contribution in [0.3, 0.4) is 0 Å². The molecule has 1 N–H and O–H groups in total. The molecule has 1 heterocycles. The summed E-state index contributed by atoms with van der Waals surface area (Å²) in [5, 5.41) is 9.12. The van der Waals surface area contributed by atoms with Gasteiger partial charge in [0, 0.05) is 5.41 Å². The minimum atomic E-state index is 0.0816. The van der Waals surface area contributed by atoms with Gasteiger partial charge in [0.2, 0.25) is 0 Å². The Morgan fingerprint density at radius 1 is 1.36 bits per heavy atom. The minimum absolute atomic E-state index is 0.0816. The Morgan fingerprint density at radius 2 is 1.91 bits per heavy atom. The molecule has 1 aliphatic heterocycles. The smallest absolute Gasteiger partial charge is 0.0567 e. The molecule has 1 saturated heterocycles. The fraction of sp³-hybridized carbons (Fsp3) is 1.00. The van der Waals surface area contributed by atoms with Crippen molar-refractivity contribution in [3.05, 3.63) is 0 Å². The number of hydrogen-bond acceptors (Lipinski definition) is 2. The van der Waals surface area contributed by atoms with E-state index < -0.39 is 0 Å². The third-order valence-corrected chi connectivity index (χ3v) is 2.06. The first-order valence-corrected chi connectivity index (χ1v) is 4.16. The Bertz CT molecular complexity index is 125. The molecule has 0 saturated carbocycles. The predicted molar refractivity (Wildman–Crippen MR) is 44.4 cm³/mol. The van der Waals surface area contributed by atoms with Crippen LogP contribution in [0.2, 0.25) is 0 Å². The Hall–Kier alpha value is -0.0800. The zero-order chi connectivity index (χ0) is 8.54. The highest BCUT2D eigenvalue weighted by Gasteiger charge is 2.40. The van der Waals surface area contributed by atoms with Crippen molar-refractivity contribution < 1.29 is 9.84 Å². The average Bonchev–Trinajstić information content (AvgIpc) is 1.77. The molecule has 0 aliphatic carbocycles. The summed E-state index contributed by atoms with van der Waals surface area (Å²) in [5.41, 5.74) is 0.380. The van der Waals surface area contributed by atoms with Gasteiger partial charge in [0.15, 0.2) is 0 Å². The minimum Gasteiger partial charge on any atom is -0.396 e. The van der Waals surface area contributed by atoms with E-state index in [0.29, 0.717) is 5.41 Å². The SMILES string of the molecule is CC(C)(C)CC1(CO)COC1. The third-order valence-electron chi connectivity index (χ3n) is 2.06. The molecule has 1 fully saturated rings. The fourth-order valence-corrected chi connectivity index (χ4v) is 1.76. The van der Waals surface area contributed by atoms with Crippen LogP contribution in [0.4, 0.5) is 0 Å². The Morgan fingerprint density at radius 3 is 2.00 bits per heavy atom. The first-order valence-electron chi connectivity index (χ1n) is 4.16. The van der Waals surface area contributed by atoms with Crippen LogP contribution in [-0.2, 0) is 4.74 Å². The van der Waals surface area contributed by atoms with E-state index in [2.05, 4.69) is 20.8 Å². The van der Waals surface area contributed by atoms with Crippen molar-refractivity contribution in [1.29, 1.82) is 0 Å².